The molecule has 0 saturated heterocycles. The molecule has 7 heteroatoms. The molecule has 2 aromatic rings. The summed E-state index contributed by atoms with van der Waals surface area (Å²) in [6.07, 6.45) is 0. The van der Waals surface area contributed by atoms with Crippen LogP contribution in [-0.4, -0.2) is 19.5 Å². The van der Waals surface area contributed by atoms with Gasteiger partial charge in [-0.1, -0.05) is 6.07 Å². The Morgan fingerprint density at radius 2 is 1.71 bits per heavy atom. The van der Waals surface area contributed by atoms with Gasteiger partial charge in [0.25, 0.3) is 10.0 Å². The Kier molecular flexibility index (Phi) is 4.06. The van der Waals surface area contributed by atoms with Crippen LogP contribution in [0.4, 0.5) is 5.69 Å². The van der Waals surface area contributed by atoms with Gasteiger partial charge >= 0.3 is 5.97 Å². The Balaban J connectivity index is 2.47. The van der Waals surface area contributed by atoms with Crippen LogP contribution in [0.25, 0.3) is 0 Å². The number of carboxylic acids is 1. The third-order valence-electron chi connectivity index (χ3n) is 2.91. The van der Waals surface area contributed by atoms with Gasteiger partial charge in [0.2, 0.25) is 0 Å². The highest BCUT2D eigenvalue weighted by atomic mass is 32.2. The van der Waals surface area contributed by atoms with Gasteiger partial charge in [0.05, 0.1) is 10.6 Å². The second-order valence-corrected chi connectivity index (χ2v) is 7.42. The number of rotatable bonds is 4. The van der Waals surface area contributed by atoms with E-state index in [0.717, 1.165) is 22.5 Å². The Bertz CT molecular complexity index is 786. The number of nitrogens with one attached hydrogen (secondary N) is 1. The Labute approximate surface area is 127 Å². The van der Waals surface area contributed by atoms with Crippen LogP contribution >= 0.6 is 11.3 Å². The minimum absolute atomic E-state index is 0.0135. The molecule has 21 heavy (non-hydrogen) atoms. The first-order chi connectivity index (χ1) is 9.70. The average molecular weight is 325 g/mol. The first-order valence-corrected chi connectivity index (χ1v) is 8.49. The van der Waals surface area contributed by atoms with Crippen molar-refractivity contribution < 1.29 is 18.3 Å². The van der Waals surface area contributed by atoms with E-state index in [-0.39, 0.29) is 15.5 Å². The molecular weight excluding hydrogens is 310 g/mol. The molecule has 0 unspecified atom stereocenters. The molecule has 1 aromatic carbocycles. The van der Waals surface area contributed by atoms with E-state index in [1.165, 1.54) is 0 Å². The van der Waals surface area contributed by atoms with E-state index in [0.29, 0.717) is 5.56 Å². The lowest BCUT2D eigenvalue weighted by Crippen LogP contribution is -2.15. The lowest BCUT2D eigenvalue weighted by molar-refractivity contribution is 0.0703. The van der Waals surface area contributed by atoms with E-state index in [9.17, 15) is 13.2 Å². The minimum Gasteiger partial charge on any atom is -0.477 e. The van der Waals surface area contributed by atoms with Crippen molar-refractivity contribution in [2.75, 3.05) is 4.72 Å². The monoisotopic (exact) mass is 325 g/mol. The highest BCUT2D eigenvalue weighted by molar-refractivity contribution is 7.92. The molecule has 112 valence electrons. The normalized spacial score (nSPS) is 11.4. The Morgan fingerprint density at radius 3 is 2.24 bits per heavy atom. The van der Waals surface area contributed by atoms with E-state index in [1.54, 1.807) is 24.4 Å². The molecule has 0 amide bonds. The summed E-state index contributed by atoms with van der Waals surface area (Å²) in [4.78, 5) is 11.3. The van der Waals surface area contributed by atoms with Crippen molar-refractivity contribution in [1.29, 1.82) is 0 Å². The molecule has 0 aliphatic carbocycles. The third-order valence-corrected chi connectivity index (χ3v) is 5.33. The van der Waals surface area contributed by atoms with E-state index in [2.05, 4.69) is 4.72 Å². The van der Waals surface area contributed by atoms with Crippen LogP contribution in [0.5, 0.6) is 0 Å². The lowest BCUT2D eigenvalue weighted by atomic mass is 10.2. The van der Waals surface area contributed by atoms with Gasteiger partial charge in [-0.2, -0.15) is 0 Å². The molecule has 1 heterocycles. The van der Waals surface area contributed by atoms with Crippen molar-refractivity contribution in [1.82, 2.24) is 0 Å². The number of carboxylic acid groups (broad SMARTS) is 1. The highest BCUT2D eigenvalue weighted by Gasteiger charge is 2.22. The quantitative estimate of drug-likeness (QED) is 0.904. The van der Waals surface area contributed by atoms with Gasteiger partial charge in [-0.3, -0.25) is 4.72 Å². The second-order valence-electron chi connectivity index (χ2n) is 4.86. The first-order valence-electron chi connectivity index (χ1n) is 6.13. The molecule has 0 bridgehead atoms. The maximum atomic E-state index is 12.4. The molecule has 0 spiro atoms. The number of aryl methyl sites for hydroxylation is 3. The van der Waals surface area contributed by atoms with Gasteiger partial charge in [-0.25, -0.2) is 13.2 Å². The van der Waals surface area contributed by atoms with Crippen molar-refractivity contribution in [3.63, 3.8) is 0 Å². The Hall–Kier alpha value is -1.86. The van der Waals surface area contributed by atoms with Crippen molar-refractivity contribution in [2.24, 2.45) is 0 Å². The van der Waals surface area contributed by atoms with Crippen molar-refractivity contribution in [3.05, 3.63) is 45.1 Å². The Morgan fingerprint density at radius 1 is 1.14 bits per heavy atom. The fraction of sp³-hybridized carbons (Fsp3) is 0.214. The van der Waals surface area contributed by atoms with Crippen LogP contribution in [0, 0.1) is 20.8 Å². The van der Waals surface area contributed by atoms with E-state index < -0.39 is 16.0 Å². The van der Waals surface area contributed by atoms with Gasteiger partial charge in [0.1, 0.15) is 4.88 Å². The number of hydrogen-bond acceptors (Lipinski definition) is 4. The lowest BCUT2D eigenvalue weighted by Gasteiger charge is -2.10. The summed E-state index contributed by atoms with van der Waals surface area (Å²) < 4.78 is 27.3. The number of carbonyl (C=O) groups is 1. The fourth-order valence-electron chi connectivity index (χ4n) is 2.01. The van der Waals surface area contributed by atoms with Crippen LogP contribution in [0.3, 0.4) is 0 Å². The highest BCUT2D eigenvalue weighted by Crippen LogP contribution is 2.30. The van der Waals surface area contributed by atoms with Crippen LogP contribution in [0.1, 0.15) is 26.4 Å². The molecule has 0 fully saturated rings. The van der Waals surface area contributed by atoms with Gasteiger partial charge in [-0.15, -0.1) is 11.3 Å². The van der Waals surface area contributed by atoms with E-state index in [4.69, 9.17) is 5.11 Å². The first kappa shape index (κ1) is 15.5. The van der Waals surface area contributed by atoms with Gasteiger partial charge in [-0.05, 0) is 55.0 Å². The predicted molar refractivity (Wildman–Crippen MR) is 82.7 cm³/mol. The largest absolute Gasteiger partial charge is 0.477 e. The second kappa shape index (κ2) is 5.50. The summed E-state index contributed by atoms with van der Waals surface area (Å²) in [6.45, 7) is 5.29. The molecule has 0 atom stereocenters. The SMILES string of the molecule is Cc1cc(C)cc(S(=O)(=O)Nc2c(C)csc2C(=O)O)c1. The van der Waals surface area contributed by atoms with Gasteiger partial charge in [0.15, 0.2) is 0 Å². The number of benzene rings is 1. The molecule has 2 N–H and O–H groups in total. The van der Waals surface area contributed by atoms with Crippen molar-refractivity contribution >= 4 is 33.0 Å². The molecule has 5 nitrogen and oxygen atoms in total. The molecule has 0 saturated carbocycles. The number of hydrogen-bond donors (Lipinski definition) is 2. The van der Waals surface area contributed by atoms with Crippen LogP contribution in [0.15, 0.2) is 28.5 Å². The smallest absolute Gasteiger partial charge is 0.348 e. The molecule has 1 aromatic heterocycles. The van der Waals surface area contributed by atoms with Gasteiger partial charge in [0, 0.05) is 0 Å². The molecule has 0 radical (unpaired) electrons. The van der Waals surface area contributed by atoms with Crippen LogP contribution in [0.2, 0.25) is 0 Å². The minimum atomic E-state index is -3.81. The van der Waals surface area contributed by atoms with Gasteiger partial charge < -0.3 is 5.11 Å². The average Bonchev–Trinajstić information content (AvgIpc) is 2.69. The summed E-state index contributed by atoms with van der Waals surface area (Å²) in [7, 11) is -3.81. The summed E-state index contributed by atoms with van der Waals surface area (Å²) in [5.74, 6) is -1.15. The molecule has 2 rings (SSSR count). The van der Waals surface area contributed by atoms with E-state index in [1.807, 2.05) is 19.9 Å². The topological polar surface area (TPSA) is 83.5 Å². The number of thiophene rings is 1. The third kappa shape index (κ3) is 3.25. The summed E-state index contributed by atoms with van der Waals surface area (Å²) in [5.41, 5.74) is 2.38. The fourth-order valence-corrected chi connectivity index (χ4v) is 4.25. The zero-order valence-corrected chi connectivity index (χ0v) is 13.4. The van der Waals surface area contributed by atoms with Crippen molar-refractivity contribution in [2.45, 2.75) is 25.7 Å². The number of anilines is 1. The summed E-state index contributed by atoms with van der Waals surface area (Å²) >= 11 is 1.000. The summed E-state index contributed by atoms with van der Waals surface area (Å²) in [5, 5.41) is 10.7. The molecule has 0 aliphatic heterocycles. The predicted octanol–water partition coefficient (Wildman–Crippen LogP) is 3.17. The van der Waals surface area contributed by atoms with Crippen LogP contribution in [-0.2, 0) is 10.0 Å². The maximum Gasteiger partial charge on any atom is 0.348 e. The molecule has 0 aliphatic rings. The maximum absolute atomic E-state index is 12.4. The number of sulfonamides is 1. The summed E-state index contributed by atoms with van der Waals surface area (Å²) in [6, 6.07) is 4.98. The van der Waals surface area contributed by atoms with E-state index >= 15 is 0 Å². The number of aromatic carboxylic acids is 1. The zero-order valence-electron chi connectivity index (χ0n) is 11.8. The zero-order chi connectivity index (χ0) is 15.8. The standard InChI is InChI=1S/C14H15NO4S2/c1-8-4-9(2)6-11(5-8)21(18,19)15-12-10(3)7-20-13(12)14(16)17/h4-7,15H,1-3H3,(H,16,17). The molecular formula is C14H15NO4S2. The van der Waals surface area contributed by atoms with Crippen LogP contribution < -0.4 is 4.72 Å². The van der Waals surface area contributed by atoms with Crippen molar-refractivity contribution in [3.8, 4) is 0 Å².